The predicted molar refractivity (Wildman–Crippen MR) is 80.8 cm³/mol. The summed E-state index contributed by atoms with van der Waals surface area (Å²) < 4.78 is 10.6. The zero-order chi connectivity index (χ0) is 15.4. The van der Waals surface area contributed by atoms with Crippen LogP contribution in [0.1, 0.15) is 19.5 Å². The molecule has 2 rings (SSSR count). The van der Waals surface area contributed by atoms with Crippen molar-refractivity contribution in [3.05, 3.63) is 23.9 Å². The topological polar surface area (TPSA) is 76.2 Å². The minimum Gasteiger partial charge on any atom is -0.497 e. The Morgan fingerprint density at radius 1 is 1.33 bits per heavy atom. The molecule has 0 unspecified atom stereocenters. The van der Waals surface area contributed by atoms with Gasteiger partial charge in [0.1, 0.15) is 17.2 Å². The first-order chi connectivity index (χ1) is 10.1. The zero-order valence-electron chi connectivity index (χ0n) is 12.6. The van der Waals surface area contributed by atoms with E-state index < -0.39 is 0 Å². The Hall–Kier alpha value is -2.50. The second kappa shape index (κ2) is 6.30. The van der Waals surface area contributed by atoms with Gasteiger partial charge in [0.2, 0.25) is 5.91 Å². The highest BCUT2D eigenvalue weighted by Gasteiger charge is 2.18. The van der Waals surface area contributed by atoms with Crippen LogP contribution in [-0.2, 0) is 11.2 Å². The molecule has 0 bridgehead atoms. The molecule has 2 N–H and O–H groups in total. The summed E-state index contributed by atoms with van der Waals surface area (Å²) in [6, 6.07) is 5.46. The Bertz CT molecular complexity index is 650. The number of hydrogen-bond donors (Lipinski definition) is 2. The molecule has 1 heterocycles. The highest BCUT2D eigenvalue weighted by Crippen LogP contribution is 2.37. The average Bonchev–Trinajstić information content (AvgIpc) is 2.88. The lowest BCUT2D eigenvalue weighted by Gasteiger charge is -2.11. The maximum absolute atomic E-state index is 11.4. The average molecular weight is 289 g/mol. The van der Waals surface area contributed by atoms with Gasteiger partial charge in [0, 0.05) is 12.5 Å². The maximum atomic E-state index is 11.4. The SMILES string of the molecule is CCc1[nH]nc(-c2cc(OC)ccc2OC)c1NC(C)=O. The van der Waals surface area contributed by atoms with Crippen LogP contribution in [0.3, 0.4) is 0 Å². The van der Waals surface area contributed by atoms with E-state index in [0.717, 1.165) is 17.7 Å². The van der Waals surface area contributed by atoms with Gasteiger partial charge in [-0.05, 0) is 24.6 Å². The molecule has 1 aromatic heterocycles. The van der Waals surface area contributed by atoms with Crippen LogP contribution in [0.2, 0.25) is 0 Å². The summed E-state index contributed by atoms with van der Waals surface area (Å²) in [7, 11) is 3.19. The van der Waals surface area contributed by atoms with Crippen molar-refractivity contribution in [3.63, 3.8) is 0 Å². The third kappa shape index (κ3) is 2.99. The summed E-state index contributed by atoms with van der Waals surface area (Å²) in [6.07, 6.45) is 0.731. The smallest absolute Gasteiger partial charge is 0.221 e. The van der Waals surface area contributed by atoms with Crippen LogP contribution in [0.5, 0.6) is 11.5 Å². The quantitative estimate of drug-likeness (QED) is 0.887. The second-order valence-electron chi connectivity index (χ2n) is 4.53. The fraction of sp³-hybridized carbons (Fsp3) is 0.333. The number of aryl methyl sites for hydroxylation is 1. The summed E-state index contributed by atoms with van der Waals surface area (Å²) in [5.41, 5.74) is 2.94. The number of nitrogens with zero attached hydrogens (tertiary/aromatic N) is 1. The molecule has 1 aromatic carbocycles. The number of rotatable bonds is 5. The summed E-state index contributed by atoms with van der Waals surface area (Å²) in [5.74, 6) is 1.21. The van der Waals surface area contributed by atoms with E-state index in [1.165, 1.54) is 6.92 Å². The Labute approximate surface area is 123 Å². The largest absolute Gasteiger partial charge is 0.497 e. The van der Waals surface area contributed by atoms with Crippen LogP contribution < -0.4 is 14.8 Å². The zero-order valence-corrected chi connectivity index (χ0v) is 12.6. The van der Waals surface area contributed by atoms with Gasteiger partial charge in [-0.2, -0.15) is 5.10 Å². The predicted octanol–water partition coefficient (Wildman–Crippen LogP) is 2.61. The number of aromatic nitrogens is 2. The number of methoxy groups -OCH3 is 2. The van der Waals surface area contributed by atoms with Crippen molar-refractivity contribution >= 4 is 11.6 Å². The number of carbonyl (C=O) groups excluding carboxylic acids is 1. The van der Waals surface area contributed by atoms with E-state index in [2.05, 4.69) is 15.5 Å². The first kappa shape index (κ1) is 14.9. The minimum absolute atomic E-state index is 0.144. The number of nitrogens with one attached hydrogen (secondary N) is 2. The van der Waals surface area contributed by atoms with Crippen molar-refractivity contribution < 1.29 is 14.3 Å². The van der Waals surface area contributed by atoms with Gasteiger partial charge in [0.05, 0.1) is 25.6 Å². The summed E-state index contributed by atoms with van der Waals surface area (Å²) in [5, 5.41) is 10.1. The van der Waals surface area contributed by atoms with Crippen LogP contribution in [0.25, 0.3) is 11.3 Å². The van der Waals surface area contributed by atoms with Crippen LogP contribution >= 0.6 is 0 Å². The number of hydrogen-bond acceptors (Lipinski definition) is 4. The fourth-order valence-corrected chi connectivity index (χ4v) is 2.14. The third-order valence-electron chi connectivity index (χ3n) is 3.16. The van der Waals surface area contributed by atoms with Crippen molar-refractivity contribution in [1.29, 1.82) is 0 Å². The number of carbonyl (C=O) groups is 1. The van der Waals surface area contributed by atoms with Crippen molar-refractivity contribution in [1.82, 2.24) is 10.2 Å². The molecule has 1 amide bonds. The van der Waals surface area contributed by atoms with Crippen LogP contribution in [-0.4, -0.2) is 30.3 Å². The van der Waals surface area contributed by atoms with Gasteiger partial charge in [-0.1, -0.05) is 6.92 Å². The molecule has 6 nitrogen and oxygen atoms in total. The first-order valence-corrected chi connectivity index (χ1v) is 6.67. The minimum atomic E-state index is -0.144. The molecule has 21 heavy (non-hydrogen) atoms. The van der Waals surface area contributed by atoms with E-state index in [-0.39, 0.29) is 5.91 Å². The second-order valence-corrected chi connectivity index (χ2v) is 4.53. The normalized spacial score (nSPS) is 10.3. The fourth-order valence-electron chi connectivity index (χ4n) is 2.14. The van der Waals surface area contributed by atoms with Gasteiger partial charge in [0.15, 0.2) is 0 Å². The molecule has 0 saturated carbocycles. The molecule has 112 valence electrons. The molecular formula is C15H19N3O3. The Morgan fingerprint density at radius 2 is 2.10 bits per heavy atom. The number of H-pyrrole nitrogens is 1. The molecular weight excluding hydrogens is 270 g/mol. The monoisotopic (exact) mass is 289 g/mol. The molecule has 0 aliphatic rings. The molecule has 0 radical (unpaired) electrons. The lowest BCUT2D eigenvalue weighted by Crippen LogP contribution is -2.08. The van der Waals surface area contributed by atoms with Gasteiger partial charge in [-0.25, -0.2) is 0 Å². The van der Waals surface area contributed by atoms with E-state index >= 15 is 0 Å². The molecule has 0 spiro atoms. The number of aromatic amines is 1. The standard InChI is InChI=1S/C15H19N3O3/c1-5-12-15(16-9(2)19)14(18-17-12)11-8-10(20-3)6-7-13(11)21-4/h6-8H,5H2,1-4H3,(H,16,19)(H,17,18). The van der Waals surface area contributed by atoms with E-state index in [1.807, 2.05) is 25.1 Å². The molecule has 0 fully saturated rings. The van der Waals surface area contributed by atoms with E-state index in [0.29, 0.717) is 22.9 Å². The van der Waals surface area contributed by atoms with Gasteiger partial charge in [-0.3, -0.25) is 9.89 Å². The van der Waals surface area contributed by atoms with Crippen LogP contribution in [0, 0.1) is 0 Å². The van der Waals surface area contributed by atoms with Crippen molar-refractivity contribution in [2.45, 2.75) is 20.3 Å². The summed E-state index contributed by atoms with van der Waals surface area (Å²) in [6.45, 7) is 3.46. The van der Waals surface area contributed by atoms with Gasteiger partial charge in [-0.15, -0.1) is 0 Å². The number of anilines is 1. The Balaban J connectivity index is 2.60. The third-order valence-corrected chi connectivity index (χ3v) is 3.16. The highest BCUT2D eigenvalue weighted by molar-refractivity contribution is 5.95. The maximum Gasteiger partial charge on any atom is 0.221 e. The summed E-state index contributed by atoms with van der Waals surface area (Å²) >= 11 is 0. The van der Waals surface area contributed by atoms with Crippen LogP contribution in [0.4, 0.5) is 5.69 Å². The van der Waals surface area contributed by atoms with Crippen molar-refractivity contribution in [2.24, 2.45) is 0 Å². The van der Waals surface area contributed by atoms with E-state index in [9.17, 15) is 4.79 Å². The van der Waals surface area contributed by atoms with E-state index in [4.69, 9.17) is 9.47 Å². The Morgan fingerprint density at radius 3 is 2.67 bits per heavy atom. The summed E-state index contributed by atoms with van der Waals surface area (Å²) in [4.78, 5) is 11.4. The van der Waals surface area contributed by atoms with Gasteiger partial charge < -0.3 is 14.8 Å². The lowest BCUT2D eigenvalue weighted by molar-refractivity contribution is -0.114. The highest BCUT2D eigenvalue weighted by atomic mass is 16.5. The first-order valence-electron chi connectivity index (χ1n) is 6.67. The molecule has 0 saturated heterocycles. The van der Waals surface area contributed by atoms with Crippen LogP contribution in [0.15, 0.2) is 18.2 Å². The van der Waals surface area contributed by atoms with E-state index in [1.54, 1.807) is 14.2 Å². The van der Waals surface area contributed by atoms with Crippen molar-refractivity contribution in [2.75, 3.05) is 19.5 Å². The number of ether oxygens (including phenoxy) is 2. The number of amides is 1. The molecule has 6 heteroatoms. The molecule has 0 atom stereocenters. The lowest BCUT2D eigenvalue weighted by atomic mass is 10.1. The molecule has 0 aliphatic carbocycles. The van der Waals surface area contributed by atoms with Crippen molar-refractivity contribution in [3.8, 4) is 22.8 Å². The molecule has 2 aromatic rings. The van der Waals surface area contributed by atoms with Gasteiger partial charge in [0.25, 0.3) is 0 Å². The molecule has 0 aliphatic heterocycles. The Kier molecular flexibility index (Phi) is 4.47. The van der Waals surface area contributed by atoms with Gasteiger partial charge >= 0.3 is 0 Å². The number of benzene rings is 1.